The van der Waals surface area contributed by atoms with Gasteiger partial charge in [0.2, 0.25) is 0 Å². The number of aryl methyl sites for hydroxylation is 1. The van der Waals surface area contributed by atoms with Crippen molar-refractivity contribution < 1.29 is 14.2 Å². The Morgan fingerprint density at radius 1 is 1.00 bits per heavy atom. The number of halogens is 1. The lowest BCUT2D eigenvalue weighted by Gasteiger charge is -2.26. The van der Waals surface area contributed by atoms with Crippen LogP contribution in [0.25, 0.3) is 0 Å². The molecule has 2 aliphatic rings. The maximum Gasteiger partial charge on any atom is 0.196 e. The molecular weight excluding hydrogens is 519 g/mol. The summed E-state index contributed by atoms with van der Waals surface area (Å²) in [4.78, 5) is 7.25. The molecule has 0 unspecified atom stereocenters. The highest BCUT2D eigenvalue weighted by Crippen LogP contribution is 2.32. The van der Waals surface area contributed by atoms with E-state index in [0.29, 0.717) is 19.8 Å². The maximum absolute atomic E-state index is 5.83. The quantitative estimate of drug-likeness (QED) is 0.324. The second-order valence-electron chi connectivity index (χ2n) is 7.81. The van der Waals surface area contributed by atoms with E-state index in [0.717, 1.165) is 69.0 Å². The van der Waals surface area contributed by atoms with E-state index in [1.807, 2.05) is 18.2 Å². The van der Waals surface area contributed by atoms with Crippen molar-refractivity contribution in [2.24, 2.45) is 4.99 Å². The van der Waals surface area contributed by atoms with Gasteiger partial charge in [0.05, 0.1) is 33.0 Å². The molecule has 174 valence electrons. The fourth-order valence-electron chi connectivity index (χ4n) is 3.63. The van der Waals surface area contributed by atoms with E-state index in [4.69, 9.17) is 19.2 Å². The van der Waals surface area contributed by atoms with E-state index in [1.54, 1.807) is 0 Å². The second-order valence-corrected chi connectivity index (χ2v) is 7.81. The van der Waals surface area contributed by atoms with Gasteiger partial charge in [-0.25, -0.2) is 4.99 Å². The Balaban J connectivity index is 0.00000289. The number of morpholine rings is 1. The monoisotopic (exact) mass is 552 g/mol. The molecule has 0 saturated carbocycles. The lowest BCUT2D eigenvalue weighted by atomic mass is 10.1. The molecule has 2 aliphatic heterocycles. The first kappa shape index (κ1) is 24.6. The van der Waals surface area contributed by atoms with Gasteiger partial charge in [0, 0.05) is 44.4 Å². The van der Waals surface area contributed by atoms with Crippen molar-refractivity contribution in [1.82, 2.24) is 10.2 Å². The van der Waals surface area contributed by atoms with Crippen LogP contribution in [0, 0.1) is 6.92 Å². The zero-order valence-corrected chi connectivity index (χ0v) is 21.0. The topological polar surface area (TPSA) is 67.4 Å². The van der Waals surface area contributed by atoms with E-state index in [2.05, 4.69) is 46.7 Å². The Bertz CT molecular complexity index is 887. The van der Waals surface area contributed by atoms with Crippen LogP contribution in [0.5, 0.6) is 11.5 Å². The van der Waals surface area contributed by atoms with Gasteiger partial charge in [-0.1, -0.05) is 24.3 Å². The van der Waals surface area contributed by atoms with Crippen molar-refractivity contribution in [3.8, 4) is 11.5 Å². The fourth-order valence-corrected chi connectivity index (χ4v) is 3.63. The predicted molar refractivity (Wildman–Crippen MR) is 139 cm³/mol. The predicted octanol–water partition coefficient (Wildman–Crippen LogP) is 3.66. The van der Waals surface area contributed by atoms with Crippen molar-refractivity contribution in [3.05, 3.63) is 53.6 Å². The molecule has 2 aromatic carbocycles. The number of hydrogen-bond donors (Lipinski definition) is 2. The minimum Gasteiger partial charge on any atom is -0.490 e. The van der Waals surface area contributed by atoms with Crippen LogP contribution in [0.3, 0.4) is 0 Å². The van der Waals surface area contributed by atoms with Crippen molar-refractivity contribution in [2.75, 3.05) is 57.9 Å². The average Bonchev–Trinajstić information content (AvgIpc) is 3.04. The normalized spacial score (nSPS) is 16.6. The summed E-state index contributed by atoms with van der Waals surface area (Å²) < 4.78 is 17.0. The van der Waals surface area contributed by atoms with Gasteiger partial charge in [0.25, 0.3) is 0 Å². The number of aliphatic imine (C=N–C) groups is 1. The van der Waals surface area contributed by atoms with Crippen LogP contribution in [0.2, 0.25) is 0 Å². The van der Waals surface area contributed by atoms with E-state index in [1.165, 1.54) is 11.1 Å². The molecule has 0 aromatic heterocycles. The molecule has 0 spiro atoms. The third-order valence-corrected chi connectivity index (χ3v) is 5.50. The van der Waals surface area contributed by atoms with Gasteiger partial charge in [-0.15, -0.1) is 24.0 Å². The molecule has 0 amide bonds. The van der Waals surface area contributed by atoms with Crippen LogP contribution in [-0.4, -0.2) is 63.5 Å². The Morgan fingerprint density at radius 3 is 2.59 bits per heavy atom. The summed E-state index contributed by atoms with van der Waals surface area (Å²) in [5.41, 5.74) is 3.39. The Labute approximate surface area is 207 Å². The van der Waals surface area contributed by atoms with Crippen molar-refractivity contribution in [1.29, 1.82) is 0 Å². The third kappa shape index (κ3) is 7.25. The Morgan fingerprint density at radius 2 is 1.78 bits per heavy atom. The Kier molecular flexibility index (Phi) is 9.89. The van der Waals surface area contributed by atoms with Crippen molar-refractivity contribution >= 4 is 35.6 Å². The zero-order valence-electron chi connectivity index (χ0n) is 18.6. The highest BCUT2D eigenvalue weighted by Gasteiger charge is 2.13. The fraction of sp³-hybridized carbons (Fsp3) is 0.458. The third-order valence-electron chi connectivity index (χ3n) is 5.50. The summed E-state index contributed by atoms with van der Waals surface area (Å²) >= 11 is 0. The van der Waals surface area contributed by atoms with Gasteiger partial charge in [-0.2, -0.15) is 0 Å². The standard InChI is InChI=1S/C24H32N4O3.HI/c1-19-5-2-3-6-20(19)18-26-24(25-9-10-28-11-15-29-16-12-28)27-21-7-8-22-23(17-21)31-14-4-13-30-22;/h2-3,5-8,17H,4,9-16,18H2,1H3,(H2,25,26,27);1H. The molecular formula is C24H33IN4O3. The van der Waals surface area contributed by atoms with Gasteiger partial charge >= 0.3 is 0 Å². The summed E-state index contributed by atoms with van der Waals surface area (Å²) in [5, 5.41) is 6.92. The number of hydrogen-bond acceptors (Lipinski definition) is 5. The molecule has 4 rings (SSSR count). The van der Waals surface area contributed by atoms with Gasteiger partial charge in [0.15, 0.2) is 17.5 Å². The van der Waals surface area contributed by atoms with Crippen LogP contribution in [0.4, 0.5) is 5.69 Å². The molecule has 2 N–H and O–H groups in total. The van der Waals surface area contributed by atoms with Crippen LogP contribution in [0.1, 0.15) is 17.5 Å². The van der Waals surface area contributed by atoms with Crippen molar-refractivity contribution in [2.45, 2.75) is 19.9 Å². The number of anilines is 1. The number of fused-ring (bicyclic) bond motifs is 1. The van der Waals surface area contributed by atoms with Crippen LogP contribution in [0.15, 0.2) is 47.5 Å². The zero-order chi connectivity index (χ0) is 21.3. The molecule has 32 heavy (non-hydrogen) atoms. The van der Waals surface area contributed by atoms with E-state index < -0.39 is 0 Å². The summed E-state index contributed by atoms with van der Waals surface area (Å²) in [7, 11) is 0. The SMILES string of the molecule is Cc1ccccc1CN=C(NCCN1CCOCC1)Nc1ccc2c(c1)OCCCO2.I. The highest BCUT2D eigenvalue weighted by molar-refractivity contribution is 14.0. The Hall–Kier alpha value is -2.04. The molecule has 0 atom stereocenters. The number of ether oxygens (including phenoxy) is 3. The van der Waals surface area contributed by atoms with Crippen molar-refractivity contribution in [3.63, 3.8) is 0 Å². The lowest BCUT2D eigenvalue weighted by Crippen LogP contribution is -2.42. The number of nitrogens with zero attached hydrogens (tertiary/aromatic N) is 2. The molecule has 1 saturated heterocycles. The first-order chi connectivity index (χ1) is 15.3. The smallest absolute Gasteiger partial charge is 0.196 e. The second kappa shape index (κ2) is 12.9. The van der Waals surface area contributed by atoms with E-state index >= 15 is 0 Å². The number of benzene rings is 2. The highest BCUT2D eigenvalue weighted by atomic mass is 127. The van der Waals surface area contributed by atoms with E-state index in [-0.39, 0.29) is 24.0 Å². The van der Waals surface area contributed by atoms with Crippen LogP contribution < -0.4 is 20.1 Å². The van der Waals surface area contributed by atoms with Crippen LogP contribution in [-0.2, 0) is 11.3 Å². The molecule has 2 aromatic rings. The summed E-state index contributed by atoms with van der Waals surface area (Å²) in [6.45, 7) is 9.43. The van der Waals surface area contributed by atoms with Crippen LogP contribution >= 0.6 is 24.0 Å². The molecule has 0 bridgehead atoms. The van der Waals surface area contributed by atoms with Gasteiger partial charge < -0.3 is 24.8 Å². The summed E-state index contributed by atoms with van der Waals surface area (Å²) in [5.74, 6) is 2.32. The minimum absolute atomic E-state index is 0. The van der Waals surface area contributed by atoms with Gasteiger partial charge in [-0.05, 0) is 30.2 Å². The maximum atomic E-state index is 5.83. The number of nitrogens with one attached hydrogen (secondary N) is 2. The summed E-state index contributed by atoms with van der Waals surface area (Å²) in [6, 6.07) is 14.3. The molecule has 7 nitrogen and oxygen atoms in total. The van der Waals surface area contributed by atoms with Gasteiger partial charge in [-0.3, -0.25) is 4.90 Å². The average molecular weight is 552 g/mol. The minimum atomic E-state index is 0. The largest absolute Gasteiger partial charge is 0.490 e. The molecule has 2 heterocycles. The number of guanidine groups is 1. The molecule has 0 aliphatic carbocycles. The van der Waals surface area contributed by atoms with Gasteiger partial charge in [0.1, 0.15) is 0 Å². The number of rotatable bonds is 6. The first-order valence-corrected chi connectivity index (χ1v) is 11.1. The lowest BCUT2D eigenvalue weighted by molar-refractivity contribution is 0.0389. The molecule has 8 heteroatoms. The summed E-state index contributed by atoms with van der Waals surface area (Å²) in [6.07, 6.45) is 0.893. The molecule has 1 fully saturated rings. The van der Waals surface area contributed by atoms with E-state index in [9.17, 15) is 0 Å². The molecule has 0 radical (unpaired) electrons. The first-order valence-electron chi connectivity index (χ1n) is 11.1.